The molecule has 0 amide bonds. The number of nitrogens with one attached hydrogen (secondary N) is 1. The Hall–Kier alpha value is -2.92. The van der Waals surface area contributed by atoms with Crippen LogP contribution in [0.5, 0.6) is 0 Å². The highest BCUT2D eigenvalue weighted by Crippen LogP contribution is 2.21. The van der Waals surface area contributed by atoms with Crippen molar-refractivity contribution >= 4 is 39.1 Å². The van der Waals surface area contributed by atoms with E-state index in [0.29, 0.717) is 16.8 Å². The standard InChI is InChI=1S/C21H16BrNO3/c22-16-12-10-15(11-13-16)20(24)14-26-21(25)18-8-4-5-9-19(18)23-17-6-2-1-3-7-17/h1-13,23H,14H2. The molecule has 0 fully saturated rings. The topological polar surface area (TPSA) is 55.4 Å². The predicted octanol–water partition coefficient (Wildman–Crippen LogP) is 5.23. The van der Waals surface area contributed by atoms with Crippen LogP contribution in [0.1, 0.15) is 20.7 Å². The normalized spacial score (nSPS) is 10.2. The molecule has 0 unspecified atom stereocenters. The van der Waals surface area contributed by atoms with Crippen LogP contribution in [0.2, 0.25) is 0 Å². The van der Waals surface area contributed by atoms with Crippen molar-refractivity contribution in [3.05, 3.63) is 94.5 Å². The van der Waals surface area contributed by atoms with Gasteiger partial charge in [-0.3, -0.25) is 4.79 Å². The number of ether oxygens (including phenoxy) is 1. The third-order valence-electron chi connectivity index (χ3n) is 3.70. The molecule has 0 aliphatic rings. The minimum absolute atomic E-state index is 0.251. The maximum atomic E-state index is 12.4. The van der Waals surface area contributed by atoms with Crippen molar-refractivity contribution in [1.82, 2.24) is 0 Å². The first-order valence-corrected chi connectivity index (χ1v) is 8.80. The molecule has 130 valence electrons. The van der Waals surface area contributed by atoms with Crippen LogP contribution in [-0.2, 0) is 4.74 Å². The van der Waals surface area contributed by atoms with Crippen molar-refractivity contribution in [2.75, 3.05) is 11.9 Å². The quantitative estimate of drug-likeness (QED) is 0.447. The van der Waals surface area contributed by atoms with Gasteiger partial charge in [-0.1, -0.05) is 58.4 Å². The number of esters is 1. The van der Waals surface area contributed by atoms with Gasteiger partial charge in [-0.2, -0.15) is 0 Å². The molecule has 26 heavy (non-hydrogen) atoms. The van der Waals surface area contributed by atoms with Gasteiger partial charge in [0.2, 0.25) is 0 Å². The third kappa shape index (κ3) is 4.58. The average Bonchev–Trinajstić information content (AvgIpc) is 2.67. The fourth-order valence-corrected chi connectivity index (χ4v) is 2.64. The van der Waals surface area contributed by atoms with E-state index in [9.17, 15) is 9.59 Å². The summed E-state index contributed by atoms with van der Waals surface area (Å²) in [6.45, 7) is -0.305. The zero-order valence-corrected chi connectivity index (χ0v) is 15.4. The SMILES string of the molecule is O=C(COC(=O)c1ccccc1Nc1ccccc1)c1ccc(Br)cc1. The van der Waals surface area contributed by atoms with E-state index in [1.165, 1.54) is 0 Å². The van der Waals surface area contributed by atoms with Crippen LogP contribution >= 0.6 is 15.9 Å². The van der Waals surface area contributed by atoms with E-state index >= 15 is 0 Å². The monoisotopic (exact) mass is 409 g/mol. The van der Waals surface area contributed by atoms with Gasteiger partial charge in [0.1, 0.15) is 0 Å². The van der Waals surface area contributed by atoms with Crippen molar-refractivity contribution in [3.63, 3.8) is 0 Å². The summed E-state index contributed by atoms with van der Waals surface area (Å²) in [5, 5.41) is 3.19. The summed E-state index contributed by atoms with van der Waals surface area (Å²) < 4.78 is 6.09. The number of carbonyl (C=O) groups excluding carboxylic acids is 2. The Balaban J connectivity index is 1.68. The van der Waals surface area contributed by atoms with Gasteiger partial charge in [0.05, 0.1) is 11.3 Å². The van der Waals surface area contributed by atoms with E-state index in [2.05, 4.69) is 21.2 Å². The lowest BCUT2D eigenvalue weighted by Crippen LogP contribution is -2.15. The fourth-order valence-electron chi connectivity index (χ4n) is 2.38. The molecule has 0 radical (unpaired) electrons. The summed E-state index contributed by atoms with van der Waals surface area (Å²) in [6, 6.07) is 23.5. The number of benzene rings is 3. The zero-order valence-electron chi connectivity index (χ0n) is 13.8. The number of anilines is 2. The molecule has 0 heterocycles. The van der Waals surface area contributed by atoms with Crippen molar-refractivity contribution in [1.29, 1.82) is 0 Å². The van der Waals surface area contributed by atoms with Crippen LogP contribution < -0.4 is 5.32 Å². The molecule has 0 spiro atoms. The van der Waals surface area contributed by atoms with Crippen LogP contribution in [-0.4, -0.2) is 18.4 Å². The molecule has 3 aromatic rings. The Morgan fingerprint density at radius 2 is 1.50 bits per heavy atom. The van der Waals surface area contributed by atoms with Crippen LogP contribution in [0.4, 0.5) is 11.4 Å². The number of ketones is 1. The lowest BCUT2D eigenvalue weighted by atomic mass is 10.1. The summed E-state index contributed by atoms with van der Waals surface area (Å²) in [6.07, 6.45) is 0. The summed E-state index contributed by atoms with van der Waals surface area (Å²) in [7, 11) is 0. The highest BCUT2D eigenvalue weighted by Gasteiger charge is 2.15. The smallest absolute Gasteiger partial charge is 0.340 e. The second-order valence-corrected chi connectivity index (χ2v) is 6.46. The molecular formula is C21H16BrNO3. The van der Waals surface area contributed by atoms with Gasteiger partial charge in [0.25, 0.3) is 0 Å². The van der Waals surface area contributed by atoms with E-state index in [1.807, 2.05) is 36.4 Å². The molecule has 3 aromatic carbocycles. The van der Waals surface area contributed by atoms with E-state index < -0.39 is 5.97 Å². The lowest BCUT2D eigenvalue weighted by Gasteiger charge is -2.11. The molecule has 0 aliphatic heterocycles. The third-order valence-corrected chi connectivity index (χ3v) is 4.23. The minimum Gasteiger partial charge on any atom is -0.454 e. The summed E-state index contributed by atoms with van der Waals surface area (Å²) in [5.41, 5.74) is 2.36. The van der Waals surface area contributed by atoms with E-state index in [0.717, 1.165) is 10.2 Å². The van der Waals surface area contributed by atoms with Gasteiger partial charge in [0.15, 0.2) is 12.4 Å². The first-order valence-electron chi connectivity index (χ1n) is 8.00. The van der Waals surface area contributed by atoms with Crippen LogP contribution in [0.25, 0.3) is 0 Å². The van der Waals surface area contributed by atoms with Crippen molar-refractivity contribution in [3.8, 4) is 0 Å². The molecule has 0 aliphatic carbocycles. The predicted molar refractivity (Wildman–Crippen MR) is 105 cm³/mol. The van der Waals surface area contributed by atoms with Crippen LogP contribution in [0.3, 0.4) is 0 Å². The number of halogens is 1. The molecule has 3 rings (SSSR count). The van der Waals surface area contributed by atoms with Crippen LogP contribution in [0.15, 0.2) is 83.3 Å². The molecule has 0 saturated carbocycles. The largest absolute Gasteiger partial charge is 0.454 e. The van der Waals surface area contributed by atoms with Crippen molar-refractivity contribution < 1.29 is 14.3 Å². The fraction of sp³-hybridized carbons (Fsp3) is 0.0476. The Morgan fingerprint density at radius 1 is 0.846 bits per heavy atom. The average molecular weight is 410 g/mol. The second kappa shape index (κ2) is 8.45. The van der Waals surface area contributed by atoms with Gasteiger partial charge in [0, 0.05) is 15.7 Å². The molecule has 4 nitrogen and oxygen atoms in total. The highest BCUT2D eigenvalue weighted by molar-refractivity contribution is 9.10. The lowest BCUT2D eigenvalue weighted by molar-refractivity contribution is 0.0475. The Morgan fingerprint density at radius 3 is 2.23 bits per heavy atom. The number of hydrogen-bond donors (Lipinski definition) is 1. The Bertz CT molecular complexity index is 908. The Labute approximate surface area is 159 Å². The number of hydrogen-bond acceptors (Lipinski definition) is 4. The summed E-state index contributed by atoms with van der Waals surface area (Å²) >= 11 is 3.32. The van der Waals surface area contributed by atoms with Gasteiger partial charge < -0.3 is 10.1 Å². The molecule has 0 atom stereocenters. The van der Waals surface area contributed by atoms with Crippen LogP contribution in [0, 0.1) is 0 Å². The summed E-state index contributed by atoms with van der Waals surface area (Å²) in [4.78, 5) is 24.6. The highest BCUT2D eigenvalue weighted by atomic mass is 79.9. The number of carbonyl (C=O) groups is 2. The van der Waals surface area contributed by atoms with Gasteiger partial charge in [-0.25, -0.2) is 4.79 Å². The molecular weight excluding hydrogens is 394 g/mol. The van der Waals surface area contributed by atoms with E-state index in [4.69, 9.17) is 4.74 Å². The molecule has 1 N–H and O–H groups in total. The first kappa shape index (κ1) is 17.9. The second-order valence-electron chi connectivity index (χ2n) is 5.54. The van der Waals surface area contributed by atoms with Gasteiger partial charge >= 0.3 is 5.97 Å². The number of Topliss-reactive ketones (excluding diaryl/α,β-unsaturated/α-hetero) is 1. The maximum absolute atomic E-state index is 12.4. The van der Waals surface area contributed by atoms with E-state index in [1.54, 1.807) is 42.5 Å². The molecule has 5 heteroatoms. The van der Waals surface area contributed by atoms with Crippen molar-refractivity contribution in [2.45, 2.75) is 0 Å². The maximum Gasteiger partial charge on any atom is 0.340 e. The number of rotatable bonds is 6. The summed E-state index contributed by atoms with van der Waals surface area (Å²) in [5.74, 6) is -0.797. The molecule has 0 saturated heterocycles. The van der Waals surface area contributed by atoms with Gasteiger partial charge in [-0.15, -0.1) is 0 Å². The molecule has 0 bridgehead atoms. The number of para-hydroxylation sites is 2. The zero-order chi connectivity index (χ0) is 18.4. The van der Waals surface area contributed by atoms with Crippen molar-refractivity contribution in [2.24, 2.45) is 0 Å². The van der Waals surface area contributed by atoms with E-state index in [-0.39, 0.29) is 12.4 Å². The Kier molecular flexibility index (Phi) is 5.81. The van der Waals surface area contributed by atoms with Gasteiger partial charge in [-0.05, 0) is 36.4 Å². The first-order chi connectivity index (χ1) is 12.6. The minimum atomic E-state index is -0.547. The molecule has 0 aromatic heterocycles.